The molecule has 8 heteroatoms. The van der Waals surface area contributed by atoms with Crippen LogP contribution in [0.1, 0.15) is 0 Å². The average molecular weight is 277 g/mol. The minimum atomic E-state index is -4.21. The van der Waals surface area contributed by atoms with Crippen LogP contribution in [0.15, 0.2) is 22.6 Å². The van der Waals surface area contributed by atoms with Gasteiger partial charge < -0.3 is 15.5 Å². The van der Waals surface area contributed by atoms with Crippen LogP contribution < -0.4 is 11.1 Å². The van der Waals surface area contributed by atoms with Crippen LogP contribution in [0.4, 0.5) is 24.9 Å². The fourth-order valence-electron chi connectivity index (χ4n) is 1.34. The number of nitrogens with zero attached hydrogens (tertiary/aromatic N) is 1. The summed E-state index contributed by atoms with van der Waals surface area (Å²) in [6, 6.07) is 5.15. The summed E-state index contributed by atoms with van der Waals surface area (Å²) in [7, 11) is 0. The molecule has 0 radical (unpaired) electrons. The van der Waals surface area contributed by atoms with Gasteiger partial charge in [0.2, 0.25) is 0 Å². The van der Waals surface area contributed by atoms with E-state index in [9.17, 15) is 13.2 Å². The number of hydrogen-bond donors (Lipinski definition) is 2. The quantitative estimate of drug-likeness (QED) is 0.664. The summed E-state index contributed by atoms with van der Waals surface area (Å²) in [5.74, 6) is -0.107. The number of alkyl halides is 3. The van der Waals surface area contributed by atoms with Gasteiger partial charge in [0, 0.05) is 18.0 Å². The highest BCUT2D eigenvalue weighted by Gasteiger charge is 2.27. The molecule has 3 N–H and O–H groups in total. The van der Waals surface area contributed by atoms with E-state index in [4.69, 9.17) is 10.2 Å². The normalized spacial score (nSPS) is 11.9. The molecule has 1 aromatic heterocycles. The van der Waals surface area contributed by atoms with Crippen molar-refractivity contribution >= 4 is 34.6 Å². The second kappa shape index (κ2) is 4.97. The first-order chi connectivity index (χ1) is 8.44. The number of rotatable bonds is 4. The Hall–Kier alpha value is -1.57. The molecule has 98 valence electrons. The van der Waals surface area contributed by atoms with Gasteiger partial charge in [-0.15, -0.1) is 0 Å². The van der Waals surface area contributed by atoms with Crippen LogP contribution in [0, 0.1) is 0 Å². The van der Waals surface area contributed by atoms with Gasteiger partial charge in [0.05, 0.1) is 0 Å². The van der Waals surface area contributed by atoms with Crippen LogP contribution in [-0.4, -0.2) is 22.8 Å². The number of nitrogen functional groups attached to an aromatic ring is 1. The Morgan fingerprint density at radius 3 is 2.89 bits per heavy atom. The number of nitrogens with two attached hydrogens (primary N) is 1. The van der Waals surface area contributed by atoms with Crippen molar-refractivity contribution in [3.8, 4) is 0 Å². The van der Waals surface area contributed by atoms with Gasteiger partial charge in [-0.05, 0) is 30.0 Å². The maximum absolute atomic E-state index is 11.9. The van der Waals surface area contributed by atoms with Crippen molar-refractivity contribution in [3.05, 3.63) is 18.2 Å². The van der Waals surface area contributed by atoms with E-state index >= 15 is 0 Å². The van der Waals surface area contributed by atoms with Crippen molar-refractivity contribution in [1.82, 2.24) is 4.98 Å². The molecule has 0 spiro atoms. The number of aromatic nitrogens is 1. The maximum Gasteiger partial charge on any atom is 0.441 e. The van der Waals surface area contributed by atoms with Crippen molar-refractivity contribution in [2.45, 2.75) is 5.51 Å². The van der Waals surface area contributed by atoms with Crippen LogP contribution in [0.3, 0.4) is 0 Å². The predicted molar refractivity (Wildman–Crippen MR) is 65.4 cm³/mol. The van der Waals surface area contributed by atoms with E-state index in [-0.39, 0.29) is 30.1 Å². The van der Waals surface area contributed by atoms with Gasteiger partial charge in [0.25, 0.3) is 6.01 Å². The molecule has 0 saturated heterocycles. The maximum atomic E-state index is 11.9. The molecule has 0 aliphatic rings. The molecule has 0 fully saturated rings. The summed E-state index contributed by atoms with van der Waals surface area (Å²) in [5.41, 5.74) is 3.02. The lowest BCUT2D eigenvalue weighted by Crippen LogP contribution is -2.09. The predicted octanol–water partition coefficient (Wildman–Crippen LogP) is 3.07. The van der Waals surface area contributed by atoms with E-state index in [2.05, 4.69) is 10.3 Å². The highest BCUT2D eigenvalue weighted by Crippen LogP contribution is 2.29. The van der Waals surface area contributed by atoms with Crippen LogP contribution in [0.2, 0.25) is 0 Å². The number of fused-ring (bicyclic) bond motifs is 1. The highest BCUT2D eigenvalue weighted by molar-refractivity contribution is 8.00. The van der Waals surface area contributed by atoms with E-state index in [0.717, 1.165) is 0 Å². The average Bonchev–Trinajstić information content (AvgIpc) is 2.65. The molecular weight excluding hydrogens is 267 g/mol. The van der Waals surface area contributed by atoms with Crippen molar-refractivity contribution in [2.75, 3.05) is 23.3 Å². The van der Waals surface area contributed by atoms with E-state index in [1.54, 1.807) is 18.2 Å². The molecule has 0 saturated carbocycles. The Balaban J connectivity index is 1.92. The molecule has 0 bridgehead atoms. The summed E-state index contributed by atoms with van der Waals surface area (Å²) in [6.07, 6.45) is 0. The zero-order valence-electron chi connectivity index (χ0n) is 9.12. The lowest BCUT2D eigenvalue weighted by atomic mass is 10.3. The van der Waals surface area contributed by atoms with Gasteiger partial charge in [-0.25, -0.2) is 0 Å². The minimum Gasteiger partial charge on any atom is -0.424 e. The van der Waals surface area contributed by atoms with Gasteiger partial charge in [-0.1, -0.05) is 0 Å². The van der Waals surface area contributed by atoms with Gasteiger partial charge >= 0.3 is 5.51 Å². The van der Waals surface area contributed by atoms with E-state index in [0.29, 0.717) is 16.8 Å². The van der Waals surface area contributed by atoms with Gasteiger partial charge in [-0.2, -0.15) is 18.2 Å². The second-order valence-corrected chi connectivity index (χ2v) is 4.63. The number of nitrogens with one attached hydrogen (secondary N) is 1. The van der Waals surface area contributed by atoms with E-state index < -0.39 is 5.51 Å². The Kier molecular flexibility index (Phi) is 3.55. The lowest BCUT2D eigenvalue weighted by Gasteiger charge is -2.04. The van der Waals surface area contributed by atoms with Crippen LogP contribution in [-0.2, 0) is 0 Å². The van der Waals surface area contributed by atoms with Gasteiger partial charge in [-0.3, -0.25) is 0 Å². The molecule has 2 aromatic rings. The second-order valence-electron chi connectivity index (χ2n) is 3.47. The van der Waals surface area contributed by atoms with Crippen LogP contribution >= 0.6 is 11.8 Å². The summed E-state index contributed by atoms with van der Waals surface area (Å²) >= 11 is -0.0898. The number of thioether (sulfide) groups is 1. The third-order valence-electron chi connectivity index (χ3n) is 2.06. The fraction of sp³-hybridized carbons (Fsp3) is 0.300. The molecule has 0 atom stereocenters. The summed E-state index contributed by atoms with van der Waals surface area (Å²) in [4.78, 5) is 4.06. The molecule has 0 unspecified atom stereocenters. The van der Waals surface area contributed by atoms with E-state index in [1.807, 2.05) is 0 Å². The fourth-order valence-corrected chi connectivity index (χ4v) is 1.78. The van der Waals surface area contributed by atoms with E-state index in [1.165, 1.54) is 0 Å². The Bertz CT molecular complexity index is 541. The third-order valence-corrected chi connectivity index (χ3v) is 2.79. The molecule has 4 nitrogen and oxygen atoms in total. The molecule has 1 heterocycles. The van der Waals surface area contributed by atoms with Crippen molar-refractivity contribution in [3.63, 3.8) is 0 Å². The molecule has 0 amide bonds. The first-order valence-corrected chi connectivity index (χ1v) is 6.03. The highest BCUT2D eigenvalue weighted by atomic mass is 32.2. The lowest BCUT2D eigenvalue weighted by molar-refractivity contribution is -0.0327. The van der Waals surface area contributed by atoms with Gasteiger partial charge in [0.15, 0.2) is 5.58 Å². The number of anilines is 2. The molecule has 1 aromatic carbocycles. The first kappa shape index (κ1) is 12.9. The number of oxazole rings is 1. The van der Waals surface area contributed by atoms with Crippen molar-refractivity contribution in [1.29, 1.82) is 0 Å². The van der Waals surface area contributed by atoms with Gasteiger partial charge in [0.1, 0.15) is 5.52 Å². The Morgan fingerprint density at radius 1 is 1.39 bits per heavy atom. The number of halogens is 3. The summed E-state index contributed by atoms with van der Waals surface area (Å²) < 4.78 is 40.9. The standard InChI is InChI=1S/C10H10F3N3OS/c11-10(12,13)18-4-3-15-9-16-7-5-6(14)1-2-8(7)17-9/h1-2,5H,3-4,14H2,(H,15,16). The molecule has 0 aliphatic heterocycles. The third kappa shape index (κ3) is 3.46. The largest absolute Gasteiger partial charge is 0.441 e. The first-order valence-electron chi connectivity index (χ1n) is 5.05. The Labute approximate surface area is 105 Å². The summed E-state index contributed by atoms with van der Waals surface area (Å²) in [6.45, 7) is 0.118. The molecule has 0 aliphatic carbocycles. The molecule has 2 rings (SSSR count). The zero-order valence-corrected chi connectivity index (χ0v) is 9.94. The molecule has 18 heavy (non-hydrogen) atoms. The smallest absolute Gasteiger partial charge is 0.424 e. The van der Waals surface area contributed by atoms with Crippen molar-refractivity contribution < 1.29 is 17.6 Å². The minimum absolute atomic E-state index is 0.0898. The Morgan fingerprint density at radius 2 is 2.17 bits per heavy atom. The molecular formula is C10H10F3N3OS. The van der Waals surface area contributed by atoms with Crippen LogP contribution in [0.5, 0.6) is 0 Å². The monoisotopic (exact) mass is 277 g/mol. The topological polar surface area (TPSA) is 64.1 Å². The number of benzene rings is 1. The SMILES string of the molecule is Nc1ccc2oc(NCCSC(F)(F)F)nc2c1. The summed E-state index contributed by atoms with van der Waals surface area (Å²) in [5, 5.41) is 2.69. The zero-order chi connectivity index (χ0) is 13.2. The van der Waals surface area contributed by atoms with Crippen molar-refractivity contribution in [2.24, 2.45) is 0 Å². The number of hydrogen-bond acceptors (Lipinski definition) is 5. The van der Waals surface area contributed by atoms with Crippen LogP contribution in [0.25, 0.3) is 11.1 Å².